The van der Waals surface area contributed by atoms with Gasteiger partial charge in [0.1, 0.15) is 0 Å². The molecule has 1 N–H and O–H groups in total. The molecule has 138 valence electrons. The smallest absolute Gasteiger partial charge is 0.0355 e. The van der Waals surface area contributed by atoms with E-state index in [0.717, 1.165) is 26.2 Å². The summed E-state index contributed by atoms with van der Waals surface area (Å²) in [6.07, 6.45) is 3.80. The molecular weight excluding hydrogens is 328 g/mol. The molecule has 0 unspecified atom stereocenters. The van der Waals surface area contributed by atoms with E-state index in [4.69, 9.17) is 0 Å². The van der Waals surface area contributed by atoms with Gasteiger partial charge in [0.25, 0.3) is 0 Å². The van der Waals surface area contributed by atoms with Gasteiger partial charge in [0.15, 0.2) is 0 Å². The molecule has 0 saturated carbocycles. The Balaban J connectivity index is 1.72. The van der Waals surface area contributed by atoms with E-state index in [1.54, 1.807) is 0 Å². The molecule has 0 amide bonds. The van der Waals surface area contributed by atoms with Gasteiger partial charge in [-0.15, -0.1) is 0 Å². The topological polar surface area (TPSA) is 15.3 Å². The highest BCUT2D eigenvalue weighted by Gasteiger charge is 2.24. The third-order valence-electron chi connectivity index (χ3n) is 6.34. The van der Waals surface area contributed by atoms with Crippen LogP contribution in [0.1, 0.15) is 37.8 Å². The summed E-state index contributed by atoms with van der Waals surface area (Å²) in [7, 11) is 0. The van der Waals surface area contributed by atoms with E-state index in [9.17, 15) is 0 Å². The molecule has 0 spiro atoms. The highest BCUT2D eigenvalue weighted by Crippen LogP contribution is 2.39. The SMILES string of the molecule is CCCC[C@@H](c1ccc2ccc3cccc4ccc1c2c34)N1CCNCC1. The molecule has 1 heterocycles. The number of unbranched alkanes of at least 4 members (excludes halogenated alkanes) is 1. The van der Waals surface area contributed by atoms with Gasteiger partial charge in [-0.05, 0) is 44.3 Å². The minimum absolute atomic E-state index is 0.525. The average Bonchev–Trinajstić information content (AvgIpc) is 2.74. The second kappa shape index (κ2) is 7.10. The standard InChI is InChI=1S/C25H28N2/c1-2-3-7-23(27-16-14-26-15-17-27)21-12-10-20-9-8-18-5-4-6-19-11-13-22(21)25(20)24(18)19/h4-6,8-13,23,26H,2-3,7,14-17H2,1H3/t23-/m0/s1. The van der Waals surface area contributed by atoms with Gasteiger partial charge in [0.05, 0.1) is 0 Å². The number of benzene rings is 4. The molecule has 27 heavy (non-hydrogen) atoms. The van der Waals surface area contributed by atoms with Crippen LogP contribution in [0, 0.1) is 0 Å². The van der Waals surface area contributed by atoms with Crippen molar-refractivity contribution in [2.45, 2.75) is 32.2 Å². The van der Waals surface area contributed by atoms with Crippen LogP contribution in [-0.2, 0) is 0 Å². The van der Waals surface area contributed by atoms with Crippen molar-refractivity contribution in [1.82, 2.24) is 10.2 Å². The lowest BCUT2D eigenvalue weighted by molar-refractivity contribution is 0.164. The van der Waals surface area contributed by atoms with Crippen molar-refractivity contribution in [3.8, 4) is 0 Å². The number of nitrogens with one attached hydrogen (secondary N) is 1. The van der Waals surface area contributed by atoms with Crippen LogP contribution in [0.15, 0.2) is 54.6 Å². The molecule has 2 nitrogen and oxygen atoms in total. The summed E-state index contributed by atoms with van der Waals surface area (Å²) in [5.74, 6) is 0. The van der Waals surface area contributed by atoms with Crippen LogP contribution in [-0.4, -0.2) is 31.1 Å². The maximum absolute atomic E-state index is 3.51. The average molecular weight is 357 g/mol. The van der Waals surface area contributed by atoms with Crippen LogP contribution in [0.4, 0.5) is 0 Å². The Morgan fingerprint density at radius 3 is 2.26 bits per heavy atom. The monoisotopic (exact) mass is 356 g/mol. The Morgan fingerprint density at radius 1 is 0.852 bits per heavy atom. The van der Waals surface area contributed by atoms with Crippen molar-refractivity contribution >= 4 is 32.3 Å². The predicted molar refractivity (Wildman–Crippen MR) is 117 cm³/mol. The Morgan fingerprint density at radius 2 is 1.52 bits per heavy atom. The molecule has 2 heteroatoms. The molecule has 0 aromatic heterocycles. The third kappa shape index (κ3) is 2.88. The quantitative estimate of drug-likeness (QED) is 0.460. The third-order valence-corrected chi connectivity index (χ3v) is 6.34. The van der Waals surface area contributed by atoms with Gasteiger partial charge in [0, 0.05) is 32.2 Å². The minimum Gasteiger partial charge on any atom is -0.314 e. The summed E-state index contributed by atoms with van der Waals surface area (Å²) >= 11 is 0. The summed E-state index contributed by atoms with van der Waals surface area (Å²) in [5, 5.41) is 11.9. The number of piperazine rings is 1. The zero-order valence-corrected chi connectivity index (χ0v) is 16.2. The first-order valence-electron chi connectivity index (χ1n) is 10.5. The van der Waals surface area contributed by atoms with E-state index >= 15 is 0 Å². The van der Waals surface area contributed by atoms with Gasteiger partial charge in [0.2, 0.25) is 0 Å². The molecule has 1 saturated heterocycles. The minimum atomic E-state index is 0.525. The lowest BCUT2D eigenvalue weighted by Crippen LogP contribution is -2.45. The Labute approximate surface area is 161 Å². The second-order valence-corrected chi connectivity index (χ2v) is 7.95. The van der Waals surface area contributed by atoms with Crippen LogP contribution in [0.2, 0.25) is 0 Å². The van der Waals surface area contributed by atoms with E-state index < -0.39 is 0 Å². The highest BCUT2D eigenvalue weighted by molar-refractivity contribution is 6.23. The van der Waals surface area contributed by atoms with Crippen LogP contribution in [0.25, 0.3) is 32.3 Å². The molecular formula is C25H28N2. The maximum Gasteiger partial charge on any atom is 0.0355 e. The van der Waals surface area contributed by atoms with Gasteiger partial charge in [-0.3, -0.25) is 4.90 Å². The second-order valence-electron chi connectivity index (χ2n) is 7.95. The van der Waals surface area contributed by atoms with Crippen molar-refractivity contribution in [1.29, 1.82) is 0 Å². The fraction of sp³-hybridized carbons (Fsp3) is 0.360. The Bertz CT molecular complexity index is 1050. The van der Waals surface area contributed by atoms with Gasteiger partial charge >= 0.3 is 0 Å². The first kappa shape index (κ1) is 17.0. The number of nitrogens with zero attached hydrogens (tertiary/aromatic N) is 1. The van der Waals surface area contributed by atoms with E-state index in [1.165, 1.54) is 57.1 Å². The summed E-state index contributed by atoms with van der Waals surface area (Å²) in [5.41, 5.74) is 1.52. The molecule has 0 bridgehead atoms. The van der Waals surface area contributed by atoms with Crippen molar-refractivity contribution in [3.63, 3.8) is 0 Å². The zero-order valence-electron chi connectivity index (χ0n) is 16.2. The Kier molecular flexibility index (Phi) is 4.47. The summed E-state index contributed by atoms with van der Waals surface area (Å²) in [6.45, 7) is 6.81. The normalized spacial score (nSPS) is 17.2. The van der Waals surface area contributed by atoms with Crippen molar-refractivity contribution in [2.24, 2.45) is 0 Å². The van der Waals surface area contributed by atoms with Crippen molar-refractivity contribution < 1.29 is 0 Å². The van der Waals surface area contributed by atoms with Gasteiger partial charge < -0.3 is 5.32 Å². The molecule has 0 aliphatic carbocycles. The summed E-state index contributed by atoms with van der Waals surface area (Å²) in [4.78, 5) is 2.71. The molecule has 1 aliphatic rings. The largest absolute Gasteiger partial charge is 0.314 e. The molecule has 1 atom stereocenters. The van der Waals surface area contributed by atoms with Crippen LogP contribution in [0.5, 0.6) is 0 Å². The number of rotatable bonds is 5. The molecule has 4 aromatic carbocycles. The molecule has 1 fully saturated rings. The van der Waals surface area contributed by atoms with Gasteiger partial charge in [-0.25, -0.2) is 0 Å². The molecule has 5 rings (SSSR count). The highest BCUT2D eigenvalue weighted by atomic mass is 15.2. The van der Waals surface area contributed by atoms with Crippen LogP contribution < -0.4 is 5.32 Å². The van der Waals surface area contributed by atoms with Crippen LogP contribution >= 0.6 is 0 Å². The number of hydrogen-bond donors (Lipinski definition) is 1. The van der Waals surface area contributed by atoms with Gasteiger partial charge in [-0.2, -0.15) is 0 Å². The van der Waals surface area contributed by atoms with Crippen molar-refractivity contribution in [2.75, 3.05) is 26.2 Å². The summed E-state index contributed by atoms with van der Waals surface area (Å²) in [6, 6.07) is 21.2. The fourth-order valence-electron chi connectivity index (χ4n) is 4.97. The molecule has 0 radical (unpaired) electrons. The summed E-state index contributed by atoms with van der Waals surface area (Å²) < 4.78 is 0. The fourth-order valence-corrected chi connectivity index (χ4v) is 4.97. The molecule has 1 aliphatic heterocycles. The first-order chi connectivity index (χ1) is 13.4. The predicted octanol–water partition coefficient (Wildman–Crippen LogP) is 5.72. The van der Waals surface area contributed by atoms with Crippen molar-refractivity contribution in [3.05, 3.63) is 60.2 Å². The van der Waals surface area contributed by atoms with E-state index in [-0.39, 0.29) is 0 Å². The lowest BCUT2D eigenvalue weighted by Gasteiger charge is -2.36. The number of hydrogen-bond acceptors (Lipinski definition) is 2. The first-order valence-corrected chi connectivity index (χ1v) is 10.5. The van der Waals surface area contributed by atoms with E-state index in [1.807, 2.05) is 0 Å². The van der Waals surface area contributed by atoms with E-state index in [0.29, 0.717) is 6.04 Å². The molecule has 4 aromatic rings. The van der Waals surface area contributed by atoms with Gasteiger partial charge in [-0.1, -0.05) is 74.4 Å². The lowest BCUT2D eigenvalue weighted by atomic mass is 9.88. The van der Waals surface area contributed by atoms with E-state index in [2.05, 4.69) is 71.7 Å². The Hall–Kier alpha value is -2.16. The maximum atomic E-state index is 3.51. The zero-order chi connectivity index (χ0) is 18.2. The van der Waals surface area contributed by atoms with Crippen LogP contribution in [0.3, 0.4) is 0 Å².